The van der Waals surface area contributed by atoms with E-state index in [9.17, 15) is 0 Å². The highest BCUT2D eigenvalue weighted by Gasteiger charge is 2.16. The van der Waals surface area contributed by atoms with Gasteiger partial charge in [-0.05, 0) is 43.6 Å². The van der Waals surface area contributed by atoms with Crippen molar-refractivity contribution >= 4 is 17.3 Å². The number of furan rings is 1. The van der Waals surface area contributed by atoms with Gasteiger partial charge in [0.05, 0.1) is 26.0 Å². The van der Waals surface area contributed by atoms with Crippen molar-refractivity contribution in [2.24, 2.45) is 0 Å². The number of nitrogens with zero attached hydrogens (tertiary/aromatic N) is 2. The lowest BCUT2D eigenvalue weighted by atomic mass is 10.1. The van der Waals surface area contributed by atoms with Gasteiger partial charge in [-0.2, -0.15) is 0 Å². The Morgan fingerprint density at radius 3 is 2.74 bits per heavy atom. The Labute approximate surface area is 170 Å². The third-order valence-electron chi connectivity index (χ3n) is 5.20. The Hall–Kier alpha value is -1.11. The van der Waals surface area contributed by atoms with E-state index in [1.807, 2.05) is 12.1 Å². The highest BCUT2D eigenvalue weighted by Crippen LogP contribution is 2.11. The average molecular weight is 396 g/mol. The molecule has 1 fully saturated rings. The monoisotopic (exact) mass is 395 g/mol. The zero-order valence-corrected chi connectivity index (χ0v) is 17.9. The molecule has 0 aromatic carbocycles. The molecule has 0 bridgehead atoms. The molecule has 2 heterocycles. The van der Waals surface area contributed by atoms with Crippen molar-refractivity contribution in [2.45, 2.75) is 65.0 Å². The molecule has 5 nitrogen and oxygen atoms in total. The Bertz CT molecular complexity index is 504. The van der Waals surface area contributed by atoms with Crippen LogP contribution in [0.1, 0.15) is 58.1 Å². The molecule has 0 amide bonds. The first kappa shape index (κ1) is 22.2. The van der Waals surface area contributed by atoms with Crippen LogP contribution in [-0.4, -0.2) is 60.3 Å². The number of hydrogen-bond donors (Lipinski definition) is 1. The number of hydrogen-bond acceptors (Lipinski definition) is 4. The molecule has 1 N–H and O–H groups in total. The maximum absolute atomic E-state index is 5.78. The molecule has 27 heavy (non-hydrogen) atoms. The molecular formula is C21H37N3O2S. The number of thiocarbonyl (C=S) groups is 1. The second kappa shape index (κ2) is 13.1. The molecule has 1 aromatic rings. The molecule has 154 valence electrons. The lowest BCUT2D eigenvalue weighted by Gasteiger charge is -2.30. The van der Waals surface area contributed by atoms with E-state index < -0.39 is 0 Å². The van der Waals surface area contributed by atoms with Crippen molar-refractivity contribution < 1.29 is 9.15 Å². The van der Waals surface area contributed by atoms with Gasteiger partial charge in [-0.1, -0.05) is 33.1 Å². The number of nitrogens with one attached hydrogen (secondary N) is 1. The van der Waals surface area contributed by atoms with Crippen LogP contribution in [0.15, 0.2) is 22.8 Å². The van der Waals surface area contributed by atoms with Gasteiger partial charge in [0.15, 0.2) is 5.11 Å². The number of morpholine rings is 1. The van der Waals surface area contributed by atoms with Crippen molar-refractivity contribution in [3.05, 3.63) is 24.2 Å². The fraction of sp³-hybridized carbons (Fsp3) is 0.762. The Morgan fingerprint density at radius 1 is 1.26 bits per heavy atom. The fourth-order valence-electron chi connectivity index (χ4n) is 3.44. The minimum Gasteiger partial charge on any atom is -0.467 e. The summed E-state index contributed by atoms with van der Waals surface area (Å²) in [5.41, 5.74) is 0. The molecule has 2 rings (SSSR count). The van der Waals surface area contributed by atoms with Crippen LogP contribution >= 0.6 is 12.2 Å². The van der Waals surface area contributed by atoms with Crippen LogP contribution in [0, 0.1) is 0 Å². The molecule has 1 aliphatic heterocycles. The lowest BCUT2D eigenvalue weighted by molar-refractivity contribution is 0.0367. The first-order valence-corrected chi connectivity index (χ1v) is 11.0. The highest BCUT2D eigenvalue weighted by atomic mass is 32.1. The summed E-state index contributed by atoms with van der Waals surface area (Å²) >= 11 is 5.78. The molecule has 1 unspecified atom stereocenters. The fourth-order valence-corrected chi connectivity index (χ4v) is 3.76. The van der Waals surface area contributed by atoms with Crippen molar-refractivity contribution in [1.82, 2.24) is 15.1 Å². The molecule has 1 saturated heterocycles. The van der Waals surface area contributed by atoms with E-state index in [1.165, 1.54) is 25.7 Å². The first-order valence-electron chi connectivity index (χ1n) is 10.6. The molecule has 0 spiro atoms. The van der Waals surface area contributed by atoms with Crippen molar-refractivity contribution in [3.8, 4) is 0 Å². The highest BCUT2D eigenvalue weighted by molar-refractivity contribution is 7.80. The van der Waals surface area contributed by atoms with Crippen LogP contribution < -0.4 is 5.32 Å². The van der Waals surface area contributed by atoms with Crippen molar-refractivity contribution in [3.63, 3.8) is 0 Å². The van der Waals surface area contributed by atoms with Crippen LogP contribution in [0.5, 0.6) is 0 Å². The van der Waals surface area contributed by atoms with E-state index in [0.29, 0.717) is 6.04 Å². The van der Waals surface area contributed by atoms with Crippen LogP contribution in [0.4, 0.5) is 0 Å². The van der Waals surface area contributed by atoms with Crippen LogP contribution in [0.2, 0.25) is 0 Å². The average Bonchev–Trinajstić information content (AvgIpc) is 3.20. The minimum absolute atomic E-state index is 0.461. The van der Waals surface area contributed by atoms with E-state index in [0.717, 1.165) is 69.7 Å². The molecule has 1 aromatic heterocycles. The van der Waals surface area contributed by atoms with Gasteiger partial charge in [-0.3, -0.25) is 4.90 Å². The van der Waals surface area contributed by atoms with Gasteiger partial charge in [-0.15, -0.1) is 0 Å². The number of rotatable bonds is 12. The molecule has 1 atom stereocenters. The van der Waals surface area contributed by atoms with Gasteiger partial charge in [0.1, 0.15) is 5.76 Å². The van der Waals surface area contributed by atoms with Crippen molar-refractivity contribution in [1.29, 1.82) is 0 Å². The lowest BCUT2D eigenvalue weighted by Crippen LogP contribution is -2.45. The molecule has 0 aliphatic carbocycles. The van der Waals surface area contributed by atoms with E-state index in [4.69, 9.17) is 21.4 Å². The zero-order valence-electron chi connectivity index (χ0n) is 17.1. The summed E-state index contributed by atoms with van der Waals surface area (Å²) in [6.07, 6.45) is 8.93. The summed E-state index contributed by atoms with van der Waals surface area (Å²) in [6, 6.07) is 4.43. The first-order chi connectivity index (χ1) is 13.2. The quantitative estimate of drug-likeness (QED) is 0.425. The molecule has 1 aliphatic rings. The topological polar surface area (TPSA) is 40.9 Å². The number of ether oxygens (including phenoxy) is 1. The predicted molar refractivity (Wildman–Crippen MR) is 115 cm³/mol. The third-order valence-corrected chi connectivity index (χ3v) is 5.57. The SMILES string of the molecule is CCCCCC(CC)NC(=S)N(CCCN1CCOCC1)Cc1ccco1. The van der Waals surface area contributed by atoms with Crippen molar-refractivity contribution in [2.75, 3.05) is 39.4 Å². The summed E-state index contributed by atoms with van der Waals surface area (Å²) in [5.74, 6) is 0.963. The van der Waals surface area contributed by atoms with E-state index in [-0.39, 0.29) is 0 Å². The molecule has 6 heteroatoms. The Kier molecular flexibility index (Phi) is 10.8. The second-order valence-corrected chi connectivity index (χ2v) is 7.75. The van der Waals surface area contributed by atoms with Crippen LogP contribution in [0.3, 0.4) is 0 Å². The molecular weight excluding hydrogens is 358 g/mol. The summed E-state index contributed by atoms with van der Waals surface area (Å²) in [7, 11) is 0. The Balaban J connectivity index is 1.84. The van der Waals surface area contributed by atoms with Gasteiger partial charge in [0.2, 0.25) is 0 Å². The largest absolute Gasteiger partial charge is 0.467 e. The predicted octanol–water partition coefficient (Wildman–Crippen LogP) is 4.04. The van der Waals surface area contributed by atoms with Crippen LogP contribution in [-0.2, 0) is 11.3 Å². The smallest absolute Gasteiger partial charge is 0.169 e. The van der Waals surface area contributed by atoms with Gasteiger partial charge in [-0.25, -0.2) is 0 Å². The van der Waals surface area contributed by atoms with E-state index in [2.05, 4.69) is 29.0 Å². The van der Waals surface area contributed by atoms with E-state index in [1.54, 1.807) is 6.26 Å². The second-order valence-electron chi connectivity index (χ2n) is 7.36. The normalized spacial score (nSPS) is 16.2. The Morgan fingerprint density at radius 2 is 2.07 bits per heavy atom. The zero-order chi connectivity index (χ0) is 19.3. The van der Waals surface area contributed by atoms with Crippen LogP contribution in [0.25, 0.3) is 0 Å². The summed E-state index contributed by atoms with van der Waals surface area (Å²) in [6.45, 7) is 11.0. The molecule has 0 radical (unpaired) electrons. The van der Waals surface area contributed by atoms with Gasteiger partial charge in [0, 0.05) is 32.2 Å². The summed E-state index contributed by atoms with van der Waals surface area (Å²) < 4.78 is 11.0. The van der Waals surface area contributed by atoms with Gasteiger partial charge >= 0.3 is 0 Å². The van der Waals surface area contributed by atoms with E-state index >= 15 is 0 Å². The molecule has 0 saturated carbocycles. The standard InChI is InChI=1S/C21H37N3O2S/c1-3-5-6-9-19(4-2)22-21(27)24(18-20-10-7-15-26-20)12-8-11-23-13-16-25-17-14-23/h7,10,15,19H,3-6,8-9,11-14,16-18H2,1-2H3,(H,22,27). The summed E-state index contributed by atoms with van der Waals surface area (Å²) in [5, 5.41) is 4.47. The maximum atomic E-state index is 5.78. The minimum atomic E-state index is 0.461. The summed E-state index contributed by atoms with van der Waals surface area (Å²) in [4.78, 5) is 4.74. The van der Waals surface area contributed by atoms with Gasteiger partial charge in [0.25, 0.3) is 0 Å². The van der Waals surface area contributed by atoms with Gasteiger partial charge < -0.3 is 19.4 Å². The maximum Gasteiger partial charge on any atom is 0.169 e. The number of unbranched alkanes of at least 4 members (excludes halogenated alkanes) is 2. The third kappa shape index (κ3) is 8.62.